The van der Waals surface area contributed by atoms with Crippen LogP contribution in [0.15, 0.2) is 49.1 Å². The molecule has 1 N–H and O–H groups in total. The Hall–Kier alpha value is -3.52. The molecule has 1 atom stereocenters. The Morgan fingerprint density at radius 2 is 2.00 bits per heavy atom. The number of likely N-dealkylation sites (tertiary alicyclic amines) is 1. The summed E-state index contributed by atoms with van der Waals surface area (Å²) in [5, 5.41) is 7.45. The molecule has 1 saturated carbocycles. The van der Waals surface area contributed by atoms with E-state index in [-0.39, 0.29) is 17.5 Å². The standard InChI is InChI=1S/C26H27FN6O/c1-16-9-23(27)22(26(34)30-20-4-5-20)10-21(16)19-11-29-33(15-19)25-12-28-24-6-3-17(14-32(24)25)18-7-8-31(2)13-18/h3,6,9-12,14-15,18,20H,4-5,7-8,13H2,1-2H3,(H,30,34). The number of aromatic nitrogens is 4. The molecule has 7 nitrogen and oxygen atoms in total. The Morgan fingerprint density at radius 1 is 1.15 bits per heavy atom. The molecule has 1 aromatic carbocycles. The van der Waals surface area contributed by atoms with Gasteiger partial charge in [0.05, 0.1) is 18.0 Å². The number of fused-ring (bicyclic) bond motifs is 1. The summed E-state index contributed by atoms with van der Waals surface area (Å²) in [6.45, 7) is 4.01. The summed E-state index contributed by atoms with van der Waals surface area (Å²) in [6.07, 6.45) is 10.7. The van der Waals surface area contributed by atoms with E-state index in [1.54, 1.807) is 16.9 Å². The van der Waals surface area contributed by atoms with Crippen molar-refractivity contribution in [3.05, 3.63) is 71.6 Å². The van der Waals surface area contributed by atoms with Gasteiger partial charge in [0.15, 0.2) is 5.82 Å². The topological polar surface area (TPSA) is 67.5 Å². The number of aryl methyl sites for hydroxylation is 1. The Morgan fingerprint density at radius 3 is 2.76 bits per heavy atom. The predicted octanol–water partition coefficient (Wildman–Crippen LogP) is 3.95. The van der Waals surface area contributed by atoms with Crippen LogP contribution < -0.4 is 5.32 Å². The predicted molar refractivity (Wildman–Crippen MR) is 128 cm³/mol. The summed E-state index contributed by atoms with van der Waals surface area (Å²) < 4.78 is 18.4. The quantitative estimate of drug-likeness (QED) is 0.492. The van der Waals surface area contributed by atoms with E-state index in [9.17, 15) is 9.18 Å². The number of nitrogens with one attached hydrogen (secondary N) is 1. The molecule has 0 bridgehead atoms. The van der Waals surface area contributed by atoms with Crippen LogP contribution in [0, 0.1) is 12.7 Å². The highest BCUT2D eigenvalue weighted by molar-refractivity contribution is 5.96. The number of carbonyl (C=O) groups is 1. The van der Waals surface area contributed by atoms with Crippen molar-refractivity contribution in [1.82, 2.24) is 29.4 Å². The highest BCUT2D eigenvalue weighted by Crippen LogP contribution is 2.29. The van der Waals surface area contributed by atoms with Crippen LogP contribution in [0.2, 0.25) is 0 Å². The Kier molecular flexibility index (Phi) is 4.99. The fourth-order valence-electron chi connectivity index (χ4n) is 4.84. The number of rotatable bonds is 5. The third-order valence-corrected chi connectivity index (χ3v) is 6.97. The highest BCUT2D eigenvalue weighted by Gasteiger charge is 2.26. The first-order valence-corrected chi connectivity index (χ1v) is 11.8. The van der Waals surface area contributed by atoms with Crippen LogP contribution in [0.5, 0.6) is 0 Å². The van der Waals surface area contributed by atoms with Crippen molar-refractivity contribution in [3.8, 4) is 16.9 Å². The van der Waals surface area contributed by atoms with Gasteiger partial charge in [0, 0.05) is 30.5 Å². The first-order chi connectivity index (χ1) is 16.5. The van der Waals surface area contributed by atoms with Crippen molar-refractivity contribution in [3.63, 3.8) is 0 Å². The van der Waals surface area contributed by atoms with Crippen molar-refractivity contribution in [1.29, 1.82) is 0 Å². The number of carbonyl (C=O) groups excluding carboxylic acids is 1. The maximum absolute atomic E-state index is 14.6. The zero-order valence-electron chi connectivity index (χ0n) is 19.3. The minimum atomic E-state index is -0.501. The number of nitrogens with zero attached hydrogens (tertiary/aromatic N) is 5. The van der Waals surface area contributed by atoms with E-state index in [0.717, 1.165) is 60.5 Å². The number of benzene rings is 1. The van der Waals surface area contributed by atoms with E-state index in [4.69, 9.17) is 0 Å². The maximum atomic E-state index is 14.6. The number of imidazole rings is 1. The summed E-state index contributed by atoms with van der Waals surface area (Å²) in [7, 11) is 2.16. The Bertz CT molecular complexity index is 1400. The molecule has 4 aromatic rings. The van der Waals surface area contributed by atoms with Crippen LogP contribution in [0.25, 0.3) is 22.6 Å². The molecular formula is C26H27FN6O. The van der Waals surface area contributed by atoms with Gasteiger partial charge in [0.2, 0.25) is 0 Å². The minimum Gasteiger partial charge on any atom is -0.349 e. The molecular weight excluding hydrogens is 431 g/mol. The van der Waals surface area contributed by atoms with E-state index >= 15 is 0 Å². The molecule has 1 aliphatic heterocycles. The SMILES string of the molecule is Cc1cc(F)c(C(=O)NC2CC2)cc1-c1cnn(-c2cnc3ccc(C4CCN(C)C4)cn23)c1. The monoisotopic (exact) mass is 458 g/mol. The molecule has 0 radical (unpaired) electrons. The van der Waals surface area contributed by atoms with E-state index in [0.29, 0.717) is 5.92 Å². The second kappa shape index (κ2) is 8.06. The first-order valence-electron chi connectivity index (χ1n) is 11.8. The lowest BCUT2D eigenvalue weighted by Gasteiger charge is -2.12. The number of hydrogen-bond acceptors (Lipinski definition) is 4. The molecule has 1 amide bonds. The van der Waals surface area contributed by atoms with Crippen LogP contribution in [0.3, 0.4) is 0 Å². The summed E-state index contributed by atoms with van der Waals surface area (Å²) >= 11 is 0. The number of likely N-dealkylation sites (N-methyl/N-ethyl adjacent to an activating group) is 1. The van der Waals surface area contributed by atoms with Crippen molar-refractivity contribution in [2.75, 3.05) is 20.1 Å². The van der Waals surface area contributed by atoms with Gasteiger partial charge in [0.25, 0.3) is 5.91 Å². The third kappa shape index (κ3) is 3.77. The Labute approximate surface area is 197 Å². The lowest BCUT2D eigenvalue weighted by molar-refractivity contribution is 0.0947. The van der Waals surface area contributed by atoms with Gasteiger partial charge < -0.3 is 10.2 Å². The zero-order chi connectivity index (χ0) is 23.4. The van der Waals surface area contributed by atoms with Crippen LogP contribution >= 0.6 is 0 Å². The fraction of sp³-hybridized carbons (Fsp3) is 0.346. The van der Waals surface area contributed by atoms with Gasteiger partial charge in [-0.05, 0) is 80.6 Å². The molecule has 0 spiro atoms. The second-order valence-corrected chi connectivity index (χ2v) is 9.62. The van der Waals surface area contributed by atoms with Crippen molar-refractivity contribution < 1.29 is 9.18 Å². The molecule has 1 unspecified atom stereocenters. The second-order valence-electron chi connectivity index (χ2n) is 9.62. The fourth-order valence-corrected chi connectivity index (χ4v) is 4.84. The van der Waals surface area contributed by atoms with E-state index in [2.05, 4.69) is 50.1 Å². The van der Waals surface area contributed by atoms with Crippen molar-refractivity contribution >= 4 is 11.6 Å². The molecule has 34 heavy (non-hydrogen) atoms. The third-order valence-electron chi connectivity index (χ3n) is 6.97. The van der Waals surface area contributed by atoms with E-state index in [1.807, 2.05) is 19.3 Å². The summed E-state index contributed by atoms with van der Waals surface area (Å²) in [5.41, 5.74) is 4.59. The maximum Gasteiger partial charge on any atom is 0.254 e. The molecule has 4 heterocycles. The number of halogens is 1. The molecule has 8 heteroatoms. The molecule has 2 aliphatic rings. The van der Waals surface area contributed by atoms with Gasteiger partial charge >= 0.3 is 0 Å². The molecule has 174 valence electrons. The average molecular weight is 459 g/mol. The average Bonchev–Trinajstić information content (AvgIpc) is 3.18. The van der Waals surface area contributed by atoms with Crippen molar-refractivity contribution in [2.24, 2.45) is 0 Å². The van der Waals surface area contributed by atoms with Gasteiger partial charge in [-0.15, -0.1) is 0 Å². The number of amides is 1. The normalized spacial score (nSPS) is 18.6. The lowest BCUT2D eigenvalue weighted by Crippen LogP contribution is -2.26. The van der Waals surface area contributed by atoms with Gasteiger partial charge in [-0.25, -0.2) is 14.1 Å². The first kappa shape index (κ1) is 21.0. The van der Waals surface area contributed by atoms with Gasteiger partial charge in [0.1, 0.15) is 11.5 Å². The molecule has 3 aromatic heterocycles. The lowest BCUT2D eigenvalue weighted by atomic mass is 9.99. The van der Waals surface area contributed by atoms with E-state index in [1.165, 1.54) is 11.6 Å². The van der Waals surface area contributed by atoms with Crippen LogP contribution in [-0.4, -0.2) is 56.2 Å². The largest absolute Gasteiger partial charge is 0.349 e. The van der Waals surface area contributed by atoms with Gasteiger partial charge in [-0.3, -0.25) is 9.20 Å². The summed E-state index contributed by atoms with van der Waals surface area (Å²) in [6, 6.07) is 7.45. The van der Waals surface area contributed by atoms with Crippen LogP contribution in [-0.2, 0) is 0 Å². The summed E-state index contributed by atoms with van der Waals surface area (Å²) in [4.78, 5) is 19.4. The van der Waals surface area contributed by atoms with Crippen molar-refractivity contribution in [2.45, 2.75) is 38.1 Å². The molecule has 1 saturated heterocycles. The highest BCUT2D eigenvalue weighted by atomic mass is 19.1. The van der Waals surface area contributed by atoms with Crippen LogP contribution in [0.1, 0.15) is 46.7 Å². The van der Waals surface area contributed by atoms with E-state index < -0.39 is 5.82 Å². The van der Waals surface area contributed by atoms with Gasteiger partial charge in [-0.2, -0.15) is 5.10 Å². The molecule has 2 fully saturated rings. The smallest absolute Gasteiger partial charge is 0.254 e. The molecule has 1 aliphatic carbocycles. The minimum absolute atomic E-state index is 0.0706. The Balaban J connectivity index is 1.34. The van der Waals surface area contributed by atoms with Gasteiger partial charge in [-0.1, -0.05) is 6.07 Å². The summed E-state index contributed by atoms with van der Waals surface area (Å²) in [5.74, 6) is 0.486. The number of hydrogen-bond donors (Lipinski definition) is 1. The van der Waals surface area contributed by atoms with Crippen LogP contribution in [0.4, 0.5) is 4.39 Å². The zero-order valence-corrected chi connectivity index (χ0v) is 19.3. The molecule has 6 rings (SSSR count). The number of pyridine rings is 1.